The Bertz CT molecular complexity index is 516. The van der Waals surface area contributed by atoms with Gasteiger partial charge in [0.15, 0.2) is 0 Å². The fourth-order valence-corrected chi connectivity index (χ4v) is 2.90. The highest BCUT2D eigenvalue weighted by Crippen LogP contribution is 2.24. The number of nitrogens with one attached hydrogen (secondary N) is 1. The first-order valence-electron chi connectivity index (χ1n) is 7.17. The molecule has 0 aliphatic heterocycles. The normalized spacial score (nSPS) is 12.3. The number of halogens is 1. The maximum Gasteiger partial charge on any atom is 0.0411 e. The number of hydrogen-bond donors (Lipinski definition) is 1. The van der Waals surface area contributed by atoms with Crippen LogP contribution < -0.4 is 5.32 Å². The van der Waals surface area contributed by atoms with Gasteiger partial charge in [0.2, 0.25) is 0 Å². The second kappa shape index (κ2) is 7.47. The summed E-state index contributed by atoms with van der Waals surface area (Å²) in [5.74, 6) is 0. The van der Waals surface area contributed by atoms with E-state index < -0.39 is 0 Å². The van der Waals surface area contributed by atoms with E-state index >= 15 is 0 Å². The van der Waals surface area contributed by atoms with Gasteiger partial charge in [-0.05, 0) is 62.1 Å². The highest BCUT2D eigenvalue weighted by molar-refractivity contribution is 6.30. The quantitative estimate of drug-likeness (QED) is 0.794. The van der Waals surface area contributed by atoms with E-state index in [2.05, 4.69) is 54.7 Å². The molecule has 0 saturated heterocycles. The molecule has 20 heavy (non-hydrogen) atoms. The molecule has 0 saturated carbocycles. The van der Waals surface area contributed by atoms with Crippen LogP contribution >= 0.6 is 11.6 Å². The van der Waals surface area contributed by atoms with E-state index in [1.165, 1.54) is 23.1 Å². The zero-order valence-corrected chi connectivity index (χ0v) is 13.0. The average Bonchev–Trinajstić information content (AvgIpc) is 2.43. The van der Waals surface area contributed by atoms with Gasteiger partial charge in [-0.2, -0.15) is 0 Å². The van der Waals surface area contributed by atoms with E-state index in [-0.39, 0.29) is 0 Å². The molecular formula is C18H22ClN. The smallest absolute Gasteiger partial charge is 0.0411 e. The maximum absolute atomic E-state index is 6.15. The van der Waals surface area contributed by atoms with Crippen molar-refractivity contribution in [2.45, 2.75) is 32.2 Å². The number of aryl methyl sites for hydroxylation is 2. The fraction of sp³-hybridized carbons (Fsp3) is 0.333. The Balaban J connectivity index is 1.95. The van der Waals surface area contributed by atoms with Crippen molar-refractivity contribution in [3.63, 3.8) is 0 Å². The van der Waals surface area contributed by atoms with Gasteiger partial charge in [-0.3, -0.25) is 0 Å². The van der Waals surface area contributed by atoms with Crippen molar-refractivity contribution >= 4 is 11.6 Å². The molecule has 1 unspecified atom stereocenters. The van der Waals surface area contributed by atoms with Gasteiger partial charge in [0, 0.05) is 11.1 Å². The summed E-state index contributed by atoms with van der Waals surface area (Å²) in [6, 6.07) is 17.3. The summed E-state index contributed by atoms with van der Waals surface area (Å²) >= 11 is 6.15. The van der Waals surface area contributed by atoms with Crippen molar-refractivity contribution in [2.24, 2.45) is 0 Å². The molecule has 1 nitrogen and oxygen atoms in total. The summed E-state index contributed by atoms with van der Waals surface area (Å²) in [7, 11) is 2.02. The van der Waals surface area contributed by atoms with Crippen LogP contribution in [0.3, 0.4) is 0 Å². The molecule has 2 rings (SSSR count). The number of hydrogen-bond acceptors (Lipinski definition) is 1. The first-order chi connectivity index (χ1) is 9.69. The molecule has 1 atom stereocenters. The van der Waals surface area contributed by atoms with Crippen LogP contribution in [-0.4, -0.2) is 7.05 Å². The SMILES string of the molecule is CNC(CCCc1ccccc1)c1cc(C)cc(Cl)c1. The second-order valence-electron chi connectivity index (χ2n) is 5.28. The van der Waals surface area contributed by atoms with Gasteiger partial charge in [-0.1, -0.05) is 48.0 Å². The molecule has 0 aliphatic carbocycles. The van der Waals surface area contributed by atoms with Gasteiger partial charge in [0.25, 0.3) is 0 Å². The molecule has 0 bridgehead atoms. The van der Waals surface area contributed by atoms with Crippen LogP contribution in [-0.2, 0) is 6.42 Å². The van der Waals surface area contributed by atoms with Crippen LogP contribution in [0.2, 0.25) is 5.02 Å². The van der Waals surface area contributed by atoms with Crippen molar-refractivity contribution in [1.82, 2.24) is 5.32 Å². The lowest BCUT2D eigenvalue weighted by Gasteiger charge is -2.17. The van der Waals surface area contributed by atoms with E-state index in [9.17, 15) is 0 Å². The lowest BCUT2D eigenvalue weighted by Crippen LogP contribution is -2.16. The molecule has 0 aliphatic rings. The lowest BCUT2D eigenvalue weighted by molar-refractivity contribution is 0.527. The van der Waals surface area contributed by atoms with Crippen LogP contribution in [0, 0.1) is 6.92 Å². The standard InChI is InChI=1S/C18H22ClN/c1-14-11-16(13-17(19)12-14)18(20-2)10-6-9-15-7-4-3-5-8-15/h3-5,7-8,11-13,18,20H,6,9-10H2,1-2H3. The zero-order valence-electron chi connectivity index (χ0n) is 12.2. The predicted molar refractivity (Wildman–Crippen MR) is 87.4 cm³/mol. The molecule has 2 heteroatoms. The van der Waals surface area contributed by atoms with Gasteiger partial charge < -0.3 is 5.32 Å². The summed E-state index contributed by atoms with van der Waals surface area (Å²) < 4.78 is 0. The van der Waals surface area contributed by atoms with E-state index in [0.29, 0.717) is 6.04 Å². The maximum atomic E-state index is 6.15. The summed E-state index contributed by atoms with van der Waals surface area (Å²) in [5, 5.41) is 4.22. The zero-order chi connectivity index (χ0) is 14.4. The molecule has 0 heterocycles. The topological polar surface area (TPSA) is 12.0 Å². The Morgan fingerprint density at radius 2 is 1.85 bits per heavy atom. The second-order valence-corrected chi connectivity index (χ2v) is 5.72. The van der Waals surface area contributed by atoms with Gasteiger partial charge in [0.1, 0.15) is 0 Å². The summed E-state index contributed by atoms with van der Waals surface area (Å²) in [6.07, 6.45) is 3.41. The van der Waals surface area contributed by atoms with Crippen molar-refractivity contribution in [2.75, 3.05) is 7.05 Å². The first kappa shape index (κ1) is 15.1. The van der Waals surface area contributed by atoms with Gasteiger partial charge in [-0.25, -0.2) is 0 Å². The van der Waals surface area contributed by atoms with Gasteiger partial charge in [-0.15, -0.1) is 0 Å². The Morgan fingerprint density at radius 1 is 1.10 bits per heavy atom. The van der Waals surface area contributed by atoms with Crippen molar-refractivity contribution in [3.05, 3.63) is 70.2 Å². The highest BCUT2D eigenvalue weighted by Gasteiger charge is 2.10. The minimum Gasteiger partial charge on any atom is -0.313 e. The Morgan fingerprint density at radius 3 is 2.50 bits per heavy atom. The van der Waals surface area contributed by atoms with Crippen LogP contribution in [0.5, 0.6) is 0 Å². The molecule has 0 spiro atoms. The van der Waals surface area contributed by atoms with Crippen molar-refractivity contribution in [3.8, 4) is 0 Å². The molecule has 0 aromatic heterocycles. The fourth-order valence-electron chi connectivity index (χ4n) is 2.60. The van der Waals surface area contributed by atoms with Crippen LogP contribution in [0.1, 0.15) is 35.6 Å². The highest BCUT2D eigenvalue weighted by atomic mass is 35.5. The summed E-state index contributed by atoms with van der Waals surface area (Å²) in [5.41, 5.74) is 3.91. The predicted octanol–water partition coefficient (Wildman–Crippen LogP) is 4.93. The summed E-state index contributed by atoms with van der Waals surface area (Å²) in [4.78, 5) is 0. The van der Waals surface area contributed by atoms with Crippen LogP contribution in [0.15, 0.2) is 48.5 Å². The van der Waals surface area contributed by atoms with Gasteiger partial charge in [0.05, 0.1) is 0 Å². The first-order valence-corrected chi connectivity index (χ1v) is 7.55. The van der Waals surface area contributed by atoms with E-state index in [1.807, 2.05) is 13.1 Å². The Labute approximate surface area is 127 Å². The third-order valence-electron chi connectivity index (χ3n) is 3.62. The molecule has 106 valence electrons. The third-order valence-corrected chi connectivity index (χ3v) is 3.83. The van der Waals surface area contributed by atoms with E-state index in [4.69, 9.17) is 11.6 Å². The molecule has 0 fully saturated rings. The Hall–Kier alpha value is -1.31. The Kier molecular flexibility index (Phi) is 5.63. The summed E-state index contributed by atoms with van der Waals surface area (Å²) in [6.45, 7) is 2.09. The molecule has 2 aromatic carbocycles. The van der Waals surface area contributed by atoms with Crippen LogP contribution in [0.4, 0.5) is 0 Å². The minimum absolute atomic E-state index is 0.371. The molecule has 1 N–H and O–H groups in total. The average molecular weight is 288 g/mol. The minimum atomic E-state index is 0.371. The van der Waals surface area contributed by atoms with Crippen molar-refractivity contribution in [1.29, 1.82) is 0 Å². The molecule has 0 radical (unpaired) electrons. The number of rotatable bonds is 6. The molecule has 2 aromatic rings. The lowest BCUT2D eigenvalue weighted by atomic mass is 9.98. The van der Waals surface area contributed by atoms with E-state index in [1.54, 1.807) is 0 Å². The molecular weight excluding hydrogens is 266 g/mol. The largest absolute Gasteiger partial charge is 0.313 e. The van der Waals surface area contributed by atoms with Gasteiger partial charge >= 0.3 is 0 Å². The monoisotopic (exact) mass is 287 g/mol. The molecule has 0 amide bonds. The van der Waals surface area contributed by atoms with Crippen LogP contribution in [0.25, 0.3) is 0 Å². The third kappa shape index (κ3) is 4.36. The number of benzene rings is 2. The van der Waals surface area contributed by atoms with E-state index in [0.717, 1.165) is 17.9 Å². The van der Waals surface area contributed by atoms with Crippen molar-refractivity contribution < 1.29 is 0 Å².